The van der Waals surface area contributed by atoms with Crippen LogP contribution in [0, 0.1) is 6.92 Å². The number of aryl methyl sites for hydroxylation is 1. The number of nitrogens with zero attached hydrogens (tertiary/aromatic N) is 1. The molecule has 1 aromatic heterocycles. The van der Waals surface area contributed by atoms with Gasteiger partial charge in [0, 0.05) is 16.6 Å². The van der Waals surface area contributed by atoms with Crippen molar-refractivity contribution < 1.29 is 14.1 Å². The molecule has 1 heterocycles. The van der Waals surface area contributed by atoms with Crippen molar-refractivity contribution >= 4 is 28.0 Å². The molecule has 2 rings (SSSR count). The van der Waals surface area contributed by atoms with Crippen LogP contribution in [-0.2, 0) is 16.1 Å². The van der Waals surface area contributed by atoms with Gasteiger partial charge in [0.15, 0.2) is 0 Å². The summed E-state index contributed by atoms with van der Waals surface area (Å²) in [4.78, 5) is 11.5. The molecule has 0 fully saturated rings. The molecule has 0 saturated carbocycles. The van der Waals surface area contributed by atoms with E-state index in [0.717, 1.165) is 10.0 Å². The number of halogens is 1. The van der Waals surface area contributed by atoms with Gasteiger partial charge < -0.3 is 9.26 Å². The first-order valence-electron chi connectivity index (χ1n) is 5.66. The Balaban J connectivity index is 1.87. The first-order chi connectivity index (χ1) is 9.13. The molecule has 0 amide bonds. The molecule has 4 nitrogen and oxygen atoms in total. The van der Waals surface area contributed by atoms with E-state index in [1.54, 1.807) is 19.1 Å². The molecular weight excluding hydrogens is 310 g/mol. The number of rotatable bonds is 4. The van der Waals surface area contributed by atoms with Crippen molar-refractivity contribution in [2.45, 2.75) is 13.5 Å². The standard InChI is InChI=1S/C14H12BrNO3/c1-10-7-13(16-19-10)9-18-14(17)6-5-11-3-2-4-12(15)8-11/h2-8H,9H2,1H3/b6-5+. The second kappa shape index (κ2) is 6.33. The maximum absolute atomic E-state index is 11.5. The van der Waals surface area contributed by atoms with E-state index >= 15 is 0 Å². The molecule has 0 aliphatic rings. The Morgan fingerprint density at radius 2 is 2.32 bits per heavy atom. The van der Waals surface area contributed by atoms with Gasteiger partial charge in [0.05, 0.1) is 0 Å². The second-order valence-corrected chi connectivity index (χ2v) is 4.84. The molecule has 0 unspecified atom stereocenters. The highest BCUT2D eigenvalue weighted by molar-refractivity contribution is 9.10. The molecule has 0 aliphatic carbocycles. The van der Waals surface area contributed by atoms with Crippen LogP contribution in [0.25, 0.3) is 6.08 Å². The number of hydrogen-bond donors (Lipinski definition) is 0. The lowest BCUT2D eigenvalue weighted by Gasteiger charge is -1.98. The Kier molecular flexibility index (Phi) is 4.52. The Labute approximate surface area is 119 Å². The van der Waals surface area contributed by atoms with Gasteiger partial charge in [-0.3, -0.25) is 0 Å². The van der Waals surface area contributed by atoms with E-state index in [9.17, 15) is 4.79 Å². The summed E-state index contributed by atoms with van der Waals surface area (Å²) in [5.74, 6) is 0.274. The highest BCUT2D eigenvalue weighted by atomic mass is 79.9. The van der Waals surface area contributed by atoms with Crippen molar-refractivity contribution in [2.24, 2.45) is 0 Å². The van der Waals surface area contributed by atoms with Crippen LogP contribution in [0.3, 0.4) is 0 Å². The normalized spacial score (nSPS) is 10.8. The number of carbonyl (C=O) groups excluding carboxylic acids is 1. The molecular formula is C14H12BrNO3. The van der Waals surface area contributed by atoms with Crippen LogP contribution in [0.2, 0.25) is 0 Å². The van der Waals surface area contributed by atoms with Crippen molar-refractivity contribution in [3.8, 4) is 0 Å². The van der Waals surface area contributed by atoms with Crippen LogP contribution >= 0.6 is 15.9 Å². The number of benzene rings is 1. The predicted octanol–water partition coefficient (Wildman–Crippen LogP) is 3.50. The van der Waals surface area contributed by atoms with Crippen LogP contribution in [0.4, 0.5) is 0 Å². The van der Waals surface area contributed by atoms with Crippen LogP contribution in [0.5, 0.6) is 0 Å². The quantitative estimate of drug-likeness (QED) is 0.638. The summed E-state index contributed by atoms with van der Waals surface area (Å²) in [7, 11) is 0. The monoisotopic (exact) mass is 321 g/mol. The van der Waals surface area contributed by atoms with Crippen molar-refractivity contribution in [1.82, 2.24) is 5.16 Å². The van der Waals surface area contributed by atoms with Gasteiger partial charge in [-0.1, -0.05) is 33.2 Å². The third-order valence-electron chi connectivity index (χ3n) is 2.30. The van der Waals surface area contributed by atoms with Crippen molar-refractivity contribution in [3.63, 3.8) is 0 Å². The van der Waals surface area contributed by atoms with Gasteiger partial charge in [0.1, 0.15) is 18.1 Å². The summed E-state index contributed by atoms with van der Waals surface area (Å²) in [6.07, 6.45) is 3.08. The average molecular weight is 322 g/mol. The summed E-state index contributed by atoms with van der Waals surface area (Å²) < 4.78 is 10.9. The average Bonchev–Trinajstić information content (AvgIpc) is 2.80. The SMILES string of the molecule is Cc1cc(COC(=O)/C=C/c2cccc(Br)c2)no1. The highest BCUT2D eigenvalue weighted by Gasteiger charge is 2.03. The van der Waals surface area contributed by atoms with Gasteiger partial charge in [0.25, 0.3) is 0 Å². The van der Waals surface area contributed by atoms with Gasteiger partial charge in [-0.25, -0.2) is 4.79 Å². The number of hydrogen-bond acceptors (Lipinski definition) is 4. The third kappa shape index (κ3) is 4.37. The first kappa shape index (κ1) is 13.5. The van der Waals surface area contributed by atoms with Gasteiger partial charge >= 0.3 is 5.97 Å². The van der Waals surface area contributed by atoms with Gasteiger partial charge in [0.2, 0.25) is 0 Å². The van der Waals surface area contributed by atoms with Crippen LogP contribution in [-0.4, -0.2) is 11.1 Å². The summed E-state index contributed by atoms with van der Waals surface area (Å²) >= 11 is 3.36. The minimum Gasteiger partial charge on any atom is -0.456 e. The summed E-state index contributed by atoms with van der Waals surface area (Å²) in [5.41, 5.74) is 1.52. The van der Waals surface area contributed by atoms with Crippen molar-refractivity contribution in [3.05, 3.63) is 57.9 Å². The molecule has 5 heteroatoms. The van der Waals surface area contributed by atoms with E-state index in [4.69, 9.17) is 9.26 Å². The summed E-state index contributed by atoms with van der Waals surface area (Å²) in [6, 6.07) is 9.35. The zero-order valence-electron chi connectivity index (χ0n) is 10.3. The van der Waals surface area contributed by atoms with E-state index in [1.165, 1.54) is 6.08 Å². The highest BCUT2D eigenvalue weighted by Crippen LogP contribution is 2.12. The predicted molar refractivity (Wildman–Crippen MR) is 74.2 cm³/mol. The number of ether oxygens (including phenoxy) is 1. The Morgan fingerprint density at radius 3 is 3.00 bits per heavy atom. The van der Waals surface area contributed by atoms with Crippen molar-refractivity contribution in [1.29, 1.82) is 0 Å². The third-order valence-corrected chi connectivity index (χ3v) is 2.79. The Bertz CT molecular complexity index is 604. The van der Waals surface area contributed by atoms with E-state index in [-0.39, 0.29) is 6.61 Å². The topological polar surface area (TPSA) is 52.3 Å². The largest absolute Gasteiger partial charge is 0.456 e. The van der Waals surface area contributed by atoms with E-state index in [2.05, 4.69) is 21.1 Å². The lowest BCUT2D eigenvalue weighted by atomic mass is 10.2. The molecule has 98 valence electrons. The minimum atomic E-state index is -0.416. The molecule has 0 aliphatic heterocycles. The second-order valence-electron chi connectivity index (χ2n) is 3.92. The van der Waals surface area contributed by atoms with Crippen LogP contribution < -0.4 is 0 Å². The molecule has 2 aromatic rings. The van der Waals surface area contributed by atoms with Crippen molar-refractivity contribution in [2.75, 3.05) is 0 Å². The first-order valence-corrected chi connectivity index (χ1v) is 6.45. The summed E-state index contributed by atoms with van der Waals surface area (Å²) in [5, 5.41) is 3.74. The minimum absolute atomic E-state index is 0.110. The molecule has 0 atom stereocenters. The number of esters is 1. The maximum atomic E-state index is 11.5. The fourth-order valence-corrected chi connectivity index (χ4v) is 1.87. The lowest BCUT2D eigenvalue weighted by Crippen LogP contribution is -2.00. The summed E-state index contributed by atoms with van der Waals surface area (Å²) in [6.45, 7) is 1.89. The molecule has 0 radical (unpaired) electrons. The lowest BCUT2D eigenvalue weighted by molar-refractivity contribution is -0.139. The van der Waals surface area contributed by atoms with Crippen LogP contribution in [0.1, 0.15) is 17.0 Å². The Hall–Kier alpha value is -1.88. The molecule has 0 bridgehead atoms. The van der Waals surface area contributed by atoms with Gasteiger partial charge in [-0.15, -0.1) is 0 Å². The van der Waals surface area contributed by atoms with Gasteiger partial charge in [-0.05, 0) is 30.7 Å². The van der Waals surface area contributed by atoms with Crippen LogP contribution in [0.15, 0.2) is 45.4 Å². The van der Waals surface area contributed by atoms with E-state index in [1.807, 2.05) is 24.3 Å². The smallest absolute Gasteiger partial charge is 0.331 e. The molecule has 19 heavy (non-hydrogen) atoms. The number of aromatic nitrogens is 1. The van der Waals surface area contributed by atoms with E-state index < -0.39 is 5.97 Å². The van der Waals surface area contributed by atoms with E-state index in [0.29, 0.717) is 11.5 Å². The molecule has 1 aromatic carbocycles. The van der Waals surface area contributed by atoms with Gasteiger partial charge in [-0.2, -0.15) is 0 Å². The molecule has 0 N–H and O–H groups in total. The number of carbonyl (C=O) groups is 1. The zero-order chi connectivity index (χ0) is 13.7. The Morgan fingerprint density at radius 1 is 1.47 bits per heavy atom. The zero-order valence-corrected chi connectivity index (χ0v) is 11.9. The molecule has 0 saturated heterocycles. The fraction of sp³-hybridized carbons (Fsp3) is 0.143. The molecule has 0 spiro atoms. The fourth-order valence-electron chi connectivity index (χ4n) is 1.45. The maximum Gasteiger partial charge on any atom is 0.331 e.